The molecule has 0 aliphatic carbocycles. The Balaban J connectivity index is 3.09. The van der Waals surface area contributed by atoms with Crippen LogP contribution in [-0.4, -0.2) is 18.2 Å². The van der Waals surface area contributed by atoms with Crippen molar-refractivity contribution < 1.29 is 0 Å². The van der Waals surface area contributed by atoms with E-state index < -0.39 is 0 Å². The van der Waals surface area contributed by atoms with Crippen LogP contribution in [0.15, 0.2) is 0 Å². The van der Waals surface area contributed by atoms with E-state index in [4.69, 9.17) is 12.2 Å². The van der Waals surface area contributed by atoms with Crippen LogP contribution >= 0.6 is 12.2 Å². The Morgan fingerprint density at radius 2 is 1.73 bits per heavy atom. The lowest BCUT2D eigenvalue weighted by atomic mass is 10.3. The van der Waals surface area contributed by atoms with Crippen molar-refractivity contribution in [2.24, 2.45) is 0 Å². The molecule has 0 heterocycles. The lowest BCUT2D eigenvalue weighted by Gasteiger charge is -2.08. The zero-order valence-corrected chi connectivity index (χ0v) is 8.26. The molecule has 0 spiro atoms. The Morgan fingerprint density at radius 3 is 2.27 bits per heavy atom. The lowest BCUT2D eigenvalue weighted by Crippen LogP contribution is -2.35. The third-order valence-corrected chi connectivity index (χ3v) is 1.64. The summed E-state index contributed by atoms with van der Waals surface area (Å²) < 4.78 is 0. The van der Waals surface area contributed by atoms with Gasteiger partial charge in [0.05, 0.1) is 0 Å². The Kier molecular flexibility index (Phi) is 7.57. The summed E-state index contributed by atoms with van der Waals surface area (Å²) in [6.45, 7) is 6.26. The van der Waals surface area contributed by atoms with Crippen LogP contribution in [0.4, 0.5) is 0 Å². The van der Waals surface area contributed by atoms with Gasteiger partial charge in [0.2, 0.25) is 0 Å². The summed E-state index contributed by atoms with van der Waals surface area (Å²) in [5, 5.41) is 7.04. The highest BCUT2D eigenvalue weighted by Crippen LogP contribution is 1.82. The van der Waals surface area contributed by atoms with Crippen LogP contribution in [0.2, 0.25) is 0 Å². The minimum absolute atomic E-state index is 0.792. The first-order valence-electron chi connectivity index (χ1n) is 4.33. The molecule has 0 saturated heterocycles. The summed E-state index contributed by atoms with van der Waals surface area (Å²) in [6.07, 6.45) is 3.52. The molecule has 0 fully saturated rings. The molecule has 3 heteroatoms. The Morgan fingerprint density at radius 1 is 1.09 bits per heavy atom. The number of rotatable bonds is 5. The van der Waals surface area contributed by atoms with Crippen molar-refractivity contribution in [1.29, 1.82) is 0 Å². The minimum Gasteiger partial charge on any atom is -0.363 e. The van der Waals surface area contributed by atoms with E-state index in [1.807, 2.05) is 0 Å². The average molecular weight is 174 g/mol. The summed E-state index contributed by atoms with van der Waals surface area (Å²) in [6, 6.07) is 0. The predicted molar refractivity (Wildman–Crippen MR) is 53.8 cm³/mol. The molecule has 0 atom stereocenters. The van der Waals surface area contributed by atoms with E-state index in [0.717, 1.165) is 24.6 Å². The fourth-order valence-corrected chi connectivity index (χ4v) is 0.884. The van der Waals surface area contributed by atoms with E-state index in [-0.39, 0.29) is 0 Å². The number of hydrogen-bond donors (Lipinski definition) is 2. The van der Waals surface area contributed by atoms with E-state index in [1.165, 1.54) is 12.8 Å². The zero-order chi connectivity index (χ0) is 8.53. The molecule has 0 rings (SSSR count). The first-order chi connectivity index (χ1) is 5.31. The second-order valence-electron chi connectivity index (χ2n) is 2.54. The highest BCUT2D eigenvalue weighted by molar-refractivity contribution is 7.80. The van der Waals surface area contributed by atoms with Crippen LogP contribution in [0, 0.1) is 0 Å². The van der Waals surface area contributed by atoms with Gasteiger partial charge in [0, 0.05) is 13.1 Å². The largest absolute Gasteiger partial charge is 0.363 e. The Bertz CT molecular complexity index is 104. The van der Waals surface area contributed by atoms with Crippen molar-refractivity contribution in [3.8, 4) is 0 Å². The number of hydrogen-bond acceptors (Lipinski definition) is 1. The van der Waals surface area contributed by atoms with Crippen molar-refractivity contribution in [3.05, 3.63) is 0 Å². The molecule has 0 aliphatic heterocycles. The number of thiocarbonyl (C=S) groups is 1. The molecule has 0 aromatic carbocycles. The second kappa shape index (κ2) is 7.79. The van der Waals surface area contributed by atoms with Gasteiger partial charge in [-0.1, -0.05) is 20.3 Å². The average Bonchev–Trinajstić information content (AvgIpc) is 2.01. The molecule has 2 nitrogen and oxygen atoms in total. The third-order valence-electron chi connectivity index (χ3n) is 1.35. The summed E-state index contributed by atoms with van der Waals surface area (Å²) in [7, 11) is 0. The molecule has 0 unspecified atom stereocenters. The number of nitrogens with one attached hydrogen (secondary N) is 2. The van der Waals surface area contributed by atoms with E-state index in [2.05, 4.69) is 24.5 Å². The predicted octanol–water partition coefficient (Wildman–Crippen LogP) is 1.66. The molecule has 0 aromatic heterocycles. The van der Waals surface area contributed by atoms with Gasteiger partial charge in [-0.2, -0.15) is 0 Å². The summed E-state index contributed by atoms with van der Waals surface area (Å²) >= 11 is 5.01. The highest BCUT2D eigenvalue weighted by atomic mass is 32.1. The van der Waals surface area contributed by atoms with E-state index in [0.29, 0.717) is 0 Å². The topological polar surface area (TPSA) is 24.1 Å². The minimum atomic E-state index is 0.792. The smallest absolute Gasteiger partial charge is 0.166 e. The second-order valence-corrected chi connectivity index (χ2v) is 2.94. The molecule has 0 aromatic rings. The van der Waals surface area contributed by atoms with Gasteiger partial charge in [-0.3, -0.25) is 0 Å². The highest BCUT2D eigenvalue weighted by Gasteiger charge is 1.90. The van der Waals surface area contributed by atoms with Crippen molar-refractivity contribution in [2.75, 3.05) is 13.1 Å². The molecule has 0 saturated carbocycles. The van der Waals surface area contributed by atoms with Crippen molar-refractivity contribution in [2.45, 2.75) is 33.1 Å². The zero-order valence-electron chi connectivity index (χ0n) is 7.44. The summed E-state index contributed by atoms with van der Waals surface area (Å²) in [5.41, 5.74) is 0. The van der Waals surface area contributed by atoms with Gasteiger partial charge in [-0.25, -0.2) is 0 Å². The molecule has 66 valence electrons. The quantitative estimate of drug-likeness (QED) is 0.489. The molecular weight excluding hydrogens is 156 g/mol. The maximum absolute atomic E-state index is 5.01. The fourth-order valence-electron chi connectivity index (χ4n) is 0.680. The van der Waals surface area contributed by atoms with Crippen LogP contribution in [0.1, 0.15) is 33.1 Å². The van der Waals surface area contributed by atoms with Crippen molar-refractivity contribution >= 4 is 17.3 Å². The Labute approximate surface area is 74.8 Å². The molecule has 0 bridgehead atoms. The third kappa shape index (κ3) is 7.59. The van der Waals surface area contributed by atoms with Gasteiger partial charge in [-0.15, -0.1) is 0 Å². The molecule has 0 radical (unpaired) electrons. The van der Waals surface area contributed by atoms with Gasteiger partial charge in [-0.05, 0) is 25.1 Å². The first-order valence-corrected chi connectivity index (χ1v) is 4.73. The molecule has 0 aliphatic rings. The van der Waals surface area contributed by atoms with Gasteiger partial charge in [0.1, 0.15) is 0 Å². The lowest BCUT2D eigenvalue weighted by molar-refractivity contribution is 0.734. The molecular formula is C8H18N2S. The molecule has 11 heavy (non-hydrogen) atoms. The van der Waals surface area contributed by atoms with E-state index >= 15 is 0 Å². The van der Waals surface area contributed by atoms with Crippen LogP contribution in [0.3, 0.4) is 0 Å². The Hall–Kier alpha value is -0.310. The molecule has 0 amide bonds. The fraction of sp³-hybridized carbons (Fsp3) is 0.875. The van der Waals surface area contributed by atoms with Gasteiger partial charge < -0.3 is 10.6 Å². The van der Waals surface area contributed by atoms with Gasteiger partial charge in [0.15, 0.2) is 5.11 Å². The molecule has 2 N–H and O–H groups in total. The summed E-state index contributed by atoms with van der Waals surface area (Å²) in [5.74, 6) is 0. The standard InChI is InChI=1S/C8H18N2S/c1-3-5-7-10-8(11)9-6-4-2/h3-7H2,1-2H3,(H2,9,10,11). The van der Waals surface area contributed by atoms with Crippen LogP contribution in [0.5, 0.6) is 0 Å². The van der Waals surface area contributed by atoms with Crippen molar-refractivity contribution in [3.63, 3.8) is 0 Å². The van der Waals surface area contributed by atoms with Crippen LogP contribution in [-0.2, 0) is 0 Å². The van der Waals surface area contributed by atoms with Crippen molar-refractivity contribution in [1.82, 2.24) is 10.6 Å². The SMILES string of the molecule is CCCCNC(=S)NCCC. The maximum atomic E-state index is 5.01. The van der Waals surface area contributed by atoms with Crippen LogP contribution in [0.25, 0.3) is 0 Å². The van der Waals surface area contributed by atoms with Gasteiger partial charge >= 0.3 is 0 Å². The summed E-state index contributed by atoms with van der Waals surface area (Å²) in [4.78, 5) is 0. The monoisotopic (exact) mass is 174 g/mol. The van der Waals surface area contributed by atoms with E-state index in [1.54, 1.807) is 0 Å². The van der Waals surface area contributed by atoms with Crippen LogP contribution < -0.4 is 10.6 Å². The van der Waals surface area contributed by atoms with E-state index in [9.17, 15) is 0 Å². The maximum Gasteiger partial charge on any atom is 0.166 e. The number of unbranched alkanes of at least 4 members (excludes halogenated alkanes) is 1. The van der Waals surface area contributed by atoms with Gasteiger partial charge in [0.25, 0.3) is 0 Å². The first kappa shape index (κ1) is 10.7. The normalized spacial score (nSPS) is 9.27.